The molecule has 1 aliphatic heterocycles. The number of aromatic nitrogens is 1. The van der Waals surface area contributed by atoms with Crippen molar-refractivity contribution in [3.63, 3.8) is 0 Å². The highest BCUT2D eigenvalue weighted by molar-refractivity contribution is 7.91. The first kappa shape index (κ1) is 21.5. The molecule has 0 spiro atoms. The number of hydrogen-bond acceptors (Lipinski definition) is 4. The monoisotopic (exact) mass is 443 g/mol. The molecule has 1 saturated carbocycles. The Morgan fingerprint density at radius 2 is 2.13 bits per heavy atom. The van der Waals surface area contributed by atoms with Gasteiger partial charge in [-0.2, -0.15) is 5.26 Å². The zero-order valence-electron chi connectivity index (χ0n) is 17.8. The summed E-state index contributed by atoms with van der Waals surface area (Å²) in [5.41, 5.74) is 1.32. The van der Waals surface area contributed by atoms with Gasteiger partial charge in [-0.1, -0.05) is 13.8 Å². The first-order valence-corrected chi connectivity index (χ1v) is 12.0. The predicted molar refractivity (Wildman–Crippen MR) is 116 cm³/mol. The SMILES string of the molecule is CC(C)[C@H]1CCc2c(cn(C)c2C(=O)Nc2ccc(F)c(C#N)c2)S(=O)(=NC2CC2)N1. The van der Waals surface area contributed by atoms with Gasteiger partial charge in [0.1, 0.15) is 27.5 Å². The molecule has 9 heteroatoms. The van der Waals surface area contributed by atoms with Crippen molar-refractivity contribution in [1.82, 2.24) is 9.29 Å². The van der Waals surface area contributed by atoms with Gasteiger partial charge < -0.3 is 9.88 Å². The maximum atomic E-state index is 14.0. The van der Waals surface area contributed by atoms with Crippen LogP contribution in [-0.4, -0.2) is 26.8 Å². The number of amides is 1. The molecule has 31 heavy (non-hydrogen) atoms. The van der Waals surface area contributed by atoms with Crippen molar-refractivity contribution in [2.45, 2.75) is 56.5 Å². The maximum absolute atomic E-state index is 14.0. The van der Waals surface area contributed by atoms with E-state index >= 15 is 0 Å². The molecule has 0 bridgehead atoms. The Kier molecular flexibility index (Phi) is 5.62. The van der Waals surface area contributed by atoms with Crippen LogP contribution < -0.4 is 10.0 Å². The van der Waals surface area contributed by atoms with E-state index in [0.29, 0.717) is 22.7 Å². The molecule has 1 fully saturated rings. The van der Waals surface area contributed by atoms with Crippen LogP contribution in [0, 0.1) is 23.1 Å². The standard InChI is InChI=1S/C22H26FN5O2S/c1-13(2)19-9-7-17-20(31(30,27-19)26-15-4-5-15)12-28(3)21(17)22(29)25-16-6-8-18(23)14(10-16)11-24/h6,8,10,12-13,15,19H,4-5,7,9H2,1-3H3,(H,25,29)(H,26,27,30)/t19-,31?/m1/s1. The molecule has 7 nitrogen and oxygen atoms in total. The minimum atomic E-state index is -2.86. The first-order valence-electron chi connectivity index (χ1n) is 10.4. The molecule has 1 amide bonds. The van der Waals surface area contributed by atoms with Crippen LogP contribution in [0.3, 0.4) is 0 Å². The molecule has 2 aliphatic rings. The fourth-order valence-electron chi connectivity index (χ4n) is 3.88. The summed E-state index contributed by atoms with van der Waals surface area (Å²) in [5.74, 6) is -0.759. The predicted octanol–water partition coefficient (Wildman–Crippen LogP) is 3.75. The van der Waals surface area contributed by atoms with Crippen LogP contribution in [0.4, 0.5) is 10.1 Å². The molecule has 0 saturated heterocycles. The minimum absolute atomic E-state index is 0.0268. The highest BCUT2D eigenvalue weighted by atomic mass is 32.2. The Morgan fingerprint density at radius 1 is 1.39 bits per heavy atom. The summed E-state index contributed by atoms with van der Waals surface area (Å²) in [5, 5.41) is 11.8. The number of rotatable bonds is 4. The smallest absolute Gasteiger partial charge is 0.272 e. The molecular weight excluding hydrogens is 417 g/mol. The summed E-state index contributed by atoms with van der Waals surface area (Å²) in [4.78, 5) is 13.7. The second kappa shape index (κ2) is 8.09. The van der Waals surface area contributed by atoms with Crippen LogP contribution in [0.15, 0.2) is 33.7 Å². The molecular formula is C22H26FN5O2S. The van der Waals surface area contributed by atoms with Gasteiger partial charge in [0.2, 0.25) is 0 Å². The highest BCUT2D eigenvalue weighted by Gasteiger charge is 2.35. The van der Waals surface area contributed by atoms with Gasteiger partial charge in [-0.15, -0.1) is 0 Å². The summed E-state index contributed by atoms with van der Waals surface area (Å²) >= 11 is 0. The van der Waals surface area contributed by atoms with Crippen molar-refractivity contribution in [3.8, 4) is 6.07 Å². The lowest BCUT2D eigenvalue weighted by Gasteiger charge is -2.21. The maximum Gasteiger partial charge on any atom is 0.272 e. The van der Waals surface area contributed by atoms with Crippen molar-refractivity contribution in [1.29, 1.82) is 5.26 Å². The Bertz CT molecular complexity index is 1200. The molecule has 4 rings (SSSR count). The van der Waals surface area contributed by atoms with Crippen molar-refractivity contribution in [2.24, 2.45) is 17.3 Å². The van der Waals surface area contributed by atoms with Crippen LogP contribution in [0.1, 0.15) is 54.7 Å². The van der Waals surface area contributed by atoms with E-state index in [4.69, 9.17) is 5.26 Å². The molecule has 2 N–H and O–H groups in total. The average molecular weight is 444 g/mol. The Labute approximate surface area is 182 Å². The lowest BCUT2D eigenvalue weighted by atomic mass is 9.97. The molecule has 164 valence electrons. The van der Waals surface area contributed by atoms with E-state index in [1.54, 1.807) is 23.9 Å². The topological polar surface area (TPSA) is 99.3 Å². The summed E-state index contributed by atoms with van der Waals surface area (Å²) < 4.78 is 37.2. The van der Waals surface area contributed by atoms with Gasteiger partial charge in [-0.05, 0) is 49.8 Å². The molecule has 1 aliphatic carbocycles. The van der Waals surface area contributed by atoms with Crippen molar-refractivity contribution in [3.05, 3.63) is 47.0 Å². The largest absolute Gasteiger partial charge is 0.345 e. The van der Waals surface area contributed by atoms with Crippen LogP contribution in [0.5, 0.6) is 0 Å². The Morgan fingerprint density at radius 3 is 2.77 bits per heavy atom. The lowest BCUT2D eigenvalue weighted by Crippen LogP contribution is -2.37. The van der Waals surface area contributed by atoms with Gasteiger partial charge in [0.25, 0.3) is 5.91 Å². The number of nitrogens with one attached hydrogen (secondary N) is 2. The zero-order chi connectivity index (χ0) is 22.3. The van der Waals surface area contributed by atoms with E-state index in [1.165, 1.54) is 12.1 Å². The van der Waals surface area contributed by atoms with E-state index in [9.17, 15) is 13.4 Å². The van der Waals surface area contributed by atoms with Crippen molar-refractivity contribution in [2.75, 3.05) is 5.32 Å². The number of carbonyl (C=O) groups is 1. The van der Waals surface area contributed by atoms with Gasteiger partial charge in [0.15, 0.2) is 0 Å². The lowest BCUT2D eigenvalue weighted by molar-refractivity contribution is 0.101. The van der Waals surface area contributed by atoms with Gasteiger partial charge >= 0.3 is 0 Å². The van der Waals surface area contributed by atoms with E-state index in [1.807, 2.05) is 0 Å². The van der Waals surface area contributed by atoms with E-state index in [-0.39, 0.29) is 23.6 Å². The molecule has 1 aromatic heterocycles. The Balaban J connectivity index is 1.74. The third-order valence-electron chi connectivity index (χ3n) is 5.77. The van der Waals surface area contributed by atoms with Crippen LogP contribution in [0.2, 0.25) is 0 Å². The number of aryl methyl sites for hydroxylation is 1. The van der Waals surface area contributed by atoms with Gasteiger partial charge in [0, 0.05) is 30.5 Å². The molecule has 2 aromatic rings. The molecule has 0 radical (unpaired) electrons. The van der Waals surface area contributed by atoms with Crippen LogP contribution >= 0.6 is 0 Å². The number of fused-ring (bicyclic) bond motifs is 1. The number of hydrogen-bond donors (Lipinski definition) is 2. The average Bonchev–Trinajstić information content (AvgIpc) is 3.47. The highest BCUT2D eigenvalue weighted by Crippen LogP contribution is 2.34. The van der Waals surface area contributed by atoms with Crippen molar-refractivity contribution < 1.29 is 13.4 Å². The second-order valence-electron chi connectivity index (χ2n) is 8.56. The van der Waals surface area contributed by atoms with E-state index in [0.717, 1.165) is 30.9 Å². The summed E-state index contributed by atoms with van der Waals surface area (Å²) in [7, 11) is -1.12. The zero-order valence-corrected chi connectivity index (χ0v) is 18.6. The van der Waals surface area contributed by atoms with Crippen molar-refractivity contribution >= 4 is 21.5 Å². The third-order valence-corrected chi connectivity index (χ3v) is 7.94. The molecule has 1 unspecified atom stereocenters. The van der Waals surface area contributed by atoms with Crippen LogP contribution in [-0.2, 0) is 23.4 Å². The molecule has 1 aromatic carbocycles. The third kappa shape index (κ3) is 4.23. The molecule has 2 heterocycles. The normalized spacial score (nSPS) is 23.0. The fourth-order valence-corrected chi connectivity index (χ4v) is 6.44. The summed E-state index contributed by atoms with van der Waals surface area (Å²) in [6.07, 6.45) is 4.94. The van der Waals surface area contributed by atoms with Crippen LogP contribution in [0.25, 0.3) is 0 Å². The number of benzene rings is 1. The Hall–Kier alpha value is -2.70. The van der Waals surface area contributed by atoms with E-state index < -0.39 is 21.6 Å². The van der Waals surface area contributed by atoms with Gasteiger partial charge in [0.05, 0.1) is 16.5 Å². The quantitative estimate of drug-likeness (QED) is 0.753. The summed E-state index contributed by atoms with van der Waals surface area (Å²) in [6, 6.07) is 5.76. The first-order chi connectivity index (χ1) is 14.7. The summed E-state index contributed by atoms with van der Waals surface area (Å²) in [6.45, 7) is 4.17. The number of nitrogens with zero attached hydrogens (tertiary/aromatic N) is 3. The molecule has 2 atom stereocenters. The van der Waals surface area contributed by atoms with Gasteiger partial charge in [-0.25, -0.2) is 17.7 Å². The number of nitriles is 1. The fraction of sp³-hybridized carbons (Fsp3) is 0.455. The number of carbonyl (C=O) groups excluding carboxylic acids is 1. The second-order valence-corrected chi connectivity index (χ2v) is 10.5. The number of halogens is 1. The van der Waals surface area contributed by atoms with Gasteiger partial charge in [-0.3, -0.25) is 4.79 Å². The van der Waals surface area contributed by atoms with E-state index in [2.05, 4.69) is 28.2 Å². The minimum Gasteiger partial charge on any atom is -0.345 e. The number of anilines is 1.